The van der Waals surface area contributed by atoms with Gasteiger partial charge in [0.05, 0.1) is 0 Å². The lowest BCUT2D eigenvalue weighted by molar-refractivity contribution is -0.139. The van der Waals surface area contributed by atoms with Gasteiger partial charge in [0.2, 0.25) is 0 Å². The Morgan fingerprint density at radius 2 is 1.61 bits per heavy atom. The number of ether oxygens (including phenoxy) is 2. The highest BCUT2D eigenvalue weighted by atomic mass is 16.5. The molecule has 1 unspecified atom stereocenters. The Morgan fingerprint density at radius 3 is 2.27 bits per heavy atom. The van der Waals surface area contributed by atoms with Crippen molar-refractivity contribution in [2.45, 2.75) is 44.6 Å². The number of carbonyl (C=O) groups is 1. The lowest BCUT2D eigenvalue weighted by Crippen LogP contribution is -2.17. The first-order valence-corrected chi connectivity index (χ1v) is 11.9. The van der Waals surface area contributed by atoms with Crippen LogP contribution in [0.4, 0.5) is 0 Å². The molecule has 4 nitrogen and oxygen atoms in total. The molecule has 1 aliphatic carbocycles. The summed E-state index contributed by atoms with van der Waals surface area (Å²) in [5.74, 6) is 0.450. The number of hydrogen-bond donors (Lipinski definition) is 1. The number of carboxylic acids is 1. The summed E-state index contributed by atoms with van der Waals surface area (Å²) in [6.07, 6.45) is 6.46. The van der Waals surface area contributed by atoms with Gasteiger partial charge in [0, 0.05) is 6.61 Å². The van der Waals surface area contributed by atoms with Crippen LogP contribution in [-0.2, 0) is 22.4 Å². The summed E-state index contributed by atoms with van der Waals surface area (Å²) in [5.41, 5.74) is 4.87. The van der Waals surface area contributed by atoms with Gasteiger partial charge < -0.3 is 14.6 Å². The lowest BCUT2D eigenvalue weighted by atomic mass is 9.81. The normalized spacial score (nSPS) is 15.2. The molecule has 1 aliphatic rings. The molecule has 1 N–H and O–H groups in total. The van der Waals surface area contributed by atoms with Crippen LogP contribution in [0.1, 0.15) is 54.0 Å². The second-order valence-electron chi connectivity index (χ2n) is 8.75. The first-order valence-electron chi connectivity index (χ1n) is 11.9. The Bertz CT molecular complexity index is 977. The third-order valence-corrected chi connectivity index (χ3v) is 6.39. The predicted octanol–water partition coefficient (Wildman–Crippen LogP) is 6.23. The number of unbranched alkanes of at least 4 members (excludes halogenated alkanes) is 1. The van der Waals surface area contributed by atoms with E-state index in [9.17, 15) is 4.79 Å². The molecule has 0 saturated carbocycles. The zero-order valence-electron chi connectivity index (χ0n) is 19.0. The van der Waals surface area contributed by atoms with E-state index in [2.05, 4.69) is 54.6 Å². The molecule has 0 aromatic heterocycles. The van der Waals surface area contributed by atoms with E-state index in [1.165, 1.54) is 28.7 Å². The van der Waals surface area contributed by atoms with Gasteiger partial charge in [-0.3, -0.25) is 0 Å². The minimum atomic E-state index is -0.940. The highest BCUT2D eigenvalue weighted by molar-refractivity contribution is 5.68. The van der Waals surface area contributed by atoms with E-state index in [-0.39, 0.29) is 12.7 Å². The SMILES string of the molecule is O=C(O)COc1cccc2c1CCC(CCCCOC(c1ccccc1)c1ccccc1)C2. The molecule has 3 aromatic rings. The number of rotatable bonds is 11. The average molecular weight is 445 g/mol. The monoisotopic (exact) mass is 444 g/mol. The molecule has 0 spiro atoms. The zero-order valence-corrected chi connectivity index (χ0v) is 19.0. The molecule has 3 aromatic carbocycles. The van der Waals surface area contributed by atoms with Gasteiger partial charge in [0.1, 0.15) is 11.9 Å². The molecule has 0 radical (unpaired) electrons. The minimum Gasteiger partial charge on any atom is -0.482 e. The van der Waals surface area contributed by atoms with Crippen molar-refractivity contribution < 1.29 is 19.4 Å². The third kappa shape index (κ3) is 6.45. The highest BCUT2D eigenvalue weighted by Gasteiger charge is 2.21. The molecular formula is C29H32O4. The Balaban J connectivity index is 1.26. The zero-order chi connectivity index (χ0) is 22.9. The van der Waals surface area contributed by atoms with Crippen LogP contribution in [0.2, 0.25) is 0 Å². The van der Waals surface area contributed by atoms with Gasteiger partial charge in [-0.2, -0.15) is 0 Å². The second kappa shape index (κ2) is 11.7. The number of benzene rings is 3. The maximum absolute atomic E-state index is 10.8. The number of aliphatic carboxylic acids is 1. The predicted molar refractivity (Wildman–Crippen MR) is 130 cm³/mol. The van der Waals surface area contributed by atoms with E-state index in [0.29, 0.717) is 5.92 Å². The molecular weight excluding hydrogens is 412 g/mol. The van der Waals surface area contributed by atoms with E-state index in [1.807, 2.05) is 24.3 Å². The molecule has 0 bridgehead atoms. The van der Waals surface area contributed by atoms with E-state index >= 15 is 0 Å². The van der Waals surface area contributed by atoms with Crippen molar-refractivity contribution >= 4 is 5.97 Å². The van der Waals surface area contributed by atoms with Gasteiger partial charge in [-0.15, -0.1) is 0 Å². The molecule has 0 aliphatic heterocycles. The summed E-state index contributed by atoms with van der Waals surface area (Å²) < 4.78 is 11.9. The van der Waals surface area contributed by atoms with Gasteiger partial charge in [-0.1, -0.05) is 85.6 Å². The maximum Gasteiger partial charge on any atom is 0.341 e. The van der Waals surface area contributed by atoms with Gasteiger partial charge in [-0.25, -0.2) is 4.79 Å². The van der Waals surface area contributed by atoms with Gasteiger partial charge in [0.15, 0.2) is 6.61 Å². The summed E-state index contributed by atoms with van der Waals surface area (Å²) in [6.45, 7) is 0.456. The molecule has 0 fully saturated rings. The number of carboxylic acid groups (broad SMARTS) is 1. The molecule has 1 atom stereocenters. The van der Waals surface area contributed by atoms with Crippen LogP contribution in [0.5, 0.6) is 5.75 Å². The molecule has 0 amide bonds. The van der Waals surface area contributed by atoms with Crippen LogP contribution in [0.25, 0.3) is 0 Å². The van der Waals surface area contributed by atoms with Crippen molar-refractivity contribution in [3.8, 4) is 5.75 Å². The van der Waals surface area contributed by atoms with Crippen LogP contribution < -0.4 is 4.74 Å². The maximum atomic E-state index is 10.8. The summed E-state index contributed by atoms with van der Waals surface area (Å²) >= 11 is 0. The van der Waals surface area contributed by atoms with Gasteiger partial charge >= 0.3 is 5.97 Å². The summed E-state index contributed by atoms with van der Waals surface area (Å²) in [5, 5.41) is 8.89. The van der Waals surface area contributed by atoms with Crippen molar-refractivity contribution in [3.05, 3.63) is 101 Å². The van der Waals surface area contributed by atoms with Crippen LogP contribution in [0.15, 0.2) is 78.9 Å². The summed E-state index contributed by atoms with van der Waals surface area (Å²) in [6, 6.07) is 26.9. The van der Waals surface area contributed by atoms with E-state index < -0.39 is 5.97 Å². The van der Waals surface area contributed by atoms with Crippen LogP contribution in [0.3, 0.4) is 0 Å². The molecule has 33 heavy (non-hydrogen) atoms. The third-order valence-electron chi connectivity index (χ3n) is 6.39. The van der Waals surface area contributed by atoms with Crippen molar-refractivity contribution in [1.29, 1.82) is 0 Å². The Kier molecular flexibility index (Phi) is 8.15. The Labute approximate surface area is 196 Å². The largest absolute Gasteiger partial charge is 0.482 e. The van der Waals surface area contributed by atoms with Crippen molar-refractivity contribution in [1.82, 2.24) is 0 Å². The van der Waals surface area contributed by atoms with Crippen LogP contribution in [-0.4, -0.2) is 24.3 Å². The first-order chi connectivity index (χ1) is 16.2. The smallest absolute Gasteiger partial charge is 0.341 e. The Hall–Kier alpha value is -3.11. The molecule has 0 heterocycles. The standard InChI is InChI=1S/C29H32O4/c30-28(31)21-33-27-16-9-15-25-20-22(17-18-26(25)27)10-7-8-19-32-29(23-11-3-1-4-12-23)24-13-5-2-6-14-24/h1-6,9,11-16,22,29H,7-8,10,17-21H2,(H,30,31). The van der Waals surface area contributed by atoms with Crippen molar-refractivity contribution in [2.24, 2.45) is 5.92 Å². The fourth-order valence-corrected chi connectivity index (χ4v) is 4.75. The molecule has 172 valence electrons. The molecule has 0 saturated heterocycles. The quantitative estimate of drug-likeness (QED) is 0.356. The second-order valence-corrected chi connectivity index (χ2v) is 8.75. The number of fused-ring (bicyclic) bond motifs is 1. The highest BCUT2D eigenvalue weighted by Crippen LogP contribution is 2.34. The fourth-order valence-electron chi connectivity index (χ4n) is 4.75. The summed E-state index contributed by atoms with van der Waals surface area (Å²) in [7, 11) is 0. The van der Waals surface area contributed by atoms with E-state index in [0.717, 1.165) is 44.5 Å². The van der Waals surface area contributed by atoms with Crippen molar-refractivity contribution in [2.75, 3.05) is 13.2 Å². The fraction of sp³-hybridized carbons (Fsp3) is 0.345. The number of hydrogen-bond acceptors (Lipinski definition) is 3. The lowest BCUT2D eigenvalue weighted by Gasteiger charge is -2.26. The van der Waals surface area contributed by atoms with Gasteiger partial charge in [0.25, 0.3) is 0 Å². The summed E-state index contributed by atoms with van der Waals surface area (Å²) in [4.78, 5) is 10.8. The van der Waals surface area contributed by atoms with Crippen LogP contribution in [0, 0.1) is 5.92 Å². The minimum absolute atomic E-state index is 0.0295. The molecule has 4 heteroatoms. The van der Waals surface area contributed by atoms with E-state index in [1.54, 1.807) is 0 Å². The topological polar surface area (TPSA) is 55.8 Å². The van der Waals surface area contributed by atoms with Crippen LogP contribution >= 0.6 is 0 Å². The van der Waals surface area contributed by atoms with Crippen molar-refractivity contribution in [3.63, 3.8) is 0 Å². The van der Waals surface area contributed by atoms with Gasteiger partial charge in [-0.05, 0) is 59.9 Å². The van der Waals surface area contributed by atoms with E-state index in [4.69, 9.17) is 14.6 Å². The Morgan fingerprint density at radius 1 is 0.909 bits per heavy atom. The first kappa shape index (κ1) is 23.1. The molecule has 4 rings (SSSR count). The average Bonchev–Trinajstić information content (AvgIpc) is 2.85.